The quantitative estimate of drug-likeness (QED) is 0.931. The third kappa shape index (κ3) is 3.23. The summed E-state index contributed by atoms with van der Waals surface area (Å²) in [6, 6.07) is 14.2. The second-order valence-corrected chi connectivity index (χ2v) is 6.97. The predicted molar refractivity (Wildman–Crippen MR) is 79.4 cm³/mol. The first kappa shape index (κ1) is 14.2. The zero-order valence-electron chi connectivity index (χ0n) is 10.2. The first-order chi connectivity index (χ1) is 9.04. The lowest BCUT2D eigenvalue weighted by molar-refractivity contribution is 0.594. The SMILES string of the molecule is NCc1ccccc1CS(=O)(=O)c1ccccc1Br. The number of hydrogen-bond acceptors (Lipinski definition) is 3. The summed E-state index contributed by atoms with van der Waals surface area (Å²) in [5, 5.41) is 0. The Kier molecular flexibility index (Phi) is 4.39. The molecule has 0 aliphatic carbocycles. The van der Waals surface area contributed by atoms with Crippen molar-refractivity contribution in [2.24, 2.45) is 5.73 Å². The molecular formula is C14H14BrNO2S. The molecule has 0 radical (unpaired) electrons. The lowest BCUT2D eigenvalue weighted by Gasteiger charge is -2.09. The number of benzene rings is 2. The fraction of sp³-hybridized carbons (Fsp3) is 0.143. The zero-order valence-corrected chi connectivity index (χ0v) is 12.6. The Morgan fingerprint density at radius 1 is 0.947 bits per heavy atom. The van der Waals surface area contributed by atoms with Gasteiger partial charge in [-0.25, -0.2) is 8.42 Å². The van der Waals surface area contributed by atoms with Crippen LogP contribution < -0.4 is 5.73 Å². The minimum absolute atomic E-state index is 0.0387. The Morgan fingerprint density at radius 2 is 1.53 bits per heavy atom. The van der Waals surface area contributed by atoms with Crippen LogP contribution in [0.25, 0.3) is 0 Å². The smallest absolute Gasteiger partial charge is 0.183 e. The molecule has 0 fully saturated rings. The average molecular weight is 340 g/mol. The largest absolute Gasteiger partial charge is 0.326 e. The number of rotatable bonds is 4. The Hall–Kier alpha value is -1.17. The van der Waals surface area contributed by atoms with Gasteiger partial charge >= 0.3 is 0 Å². The van der Waals surface area contributed by atoms with Crippen molar-refractivity contribution in [1.29, 1.82) is 0 Å². The predicted octanol–water partition coefficient (Wildman–Crippen LogP) is 2.88. The van der Waals surface area contributed by atoms with Gasteiger partial charge in [0.1, 0.15) is 0 Å². The molecule has 0 bridgehead atoms. The van der Waals surface area contributed by atoms with E-state index in [-0.39, 0.29) is 5.75 Å². The summed E-state index contributed by atoms with van der Waals surface area (Å²) in [4.78, 5) is 0.307. The van der Waals surface area contributed by atoms with Crippen molar-refractivity contribution in [3.63, 3.8) is 0 Å². The van der Waals surface area contributed by atoms with E-state index < -0.39 is 9.84 Å². The highest BCUT2D eigenvalue weighted by atomic mass is 79.9. The van der Waals surface area contributed by atoms with Crippen molar-refractivity contribution in [3.8, 4) is 0 Å². The monoisotopic (exact) mass is 339 g/mol. The van der Waals surface area contributed by atoms with Crippen molar-refractivity contribution < 1.29 is 8.42 Å². The van der Waals surface area contributed by atoms with E-state index in [1.54, 1.807) is 30.3 Å². The highest BCUT2D eigenvalue weighted by Crippen LogP contribution is 2.25. The van der Waals surface area contributed by atoms with Gasteiger partial charge in [-0.1, -0.05) is 36.4 Å². The van der Waals surface area contributed by atoms with Crippen LogP contribution in [-0.4, -0.2) is 8.42 Å². The minimum atomic E-state index is -3.38. The first-order valence-electron chi connectivity index (χ1n) is 5.79. The molecule has 2 rings (SSSR count). The van der Waals surface area contributed by atoms with Gasteiger partial charge in [-0.15, -0.1) is 0 Å². The molecule has 2 aromatic carbocycles. The average Bonchev–Trinajstić information content (AvgIpc) is 2.39. The van der Waals surface area contributed by atoms with E-state index in [0.29, 0.717) is 15.9 Å². The lowest BCUT2D eigenvalue weighted by atomic mass is 10.1. The molecule has 3 nitrogen and oxygen atoms in total. The second kappa shape index (κ2) is 5.86. The molecule has 0 saturated heterocycles. The second-order valence-electron chi connectivity index (χ2n) is 4.16. The molecule has 5 heteroatoms. The fourth-order valence-electron chi connectivity index (χ4n) is 1.88. The molecule has 0 aromatic heterocycles. The summed E-state index contributed by atoms with van der Waals surface area (Å²) in [5.41, 5.74) is 7.24. The summed E-state index contributed by atoms with van der Waals surface area (Å²) < 4.78 is 25.4. The fourth-order valence-corrected chi connectivity index (χ4v) is 4.40. The molecule has 100 valence electrons. The van der Waals surface area contributed by atoms with E-state index in [1.165, 1.54) is 0 Å². The maximum Gasteiger partial charge on any atom is 0.183 e. The summed E-state index contributed by atoms with van der Waals surface area (Å²) in [6.07, 6.45) is 0. The highest BCUT2D eigenvalue weighted by Gasteiger charge is 2.19. The Balaban J connectivity index is 2.40. The number of halogens is 1. The Morgan fingerprint density at radius 3 is 2.16 bits per heavy atom. The van der Waals surface area contributed by atoms with Crippen LogP contribution in [0.1, 0.15) is 11.1 Å². The molecule has 2 N–H and O–H groups in total. The summed E-state index contributed by atoms with van der Waals surface area (Å²) in [6.45, 7) is 0.335. The summed E-state index contributed by atoms with van der Waals surface area (Å²) >= 11 is 3.28. The van der Waals surface area contributed by atoms with Crippen LogP contribution >= 0.6 is 15.9 Å². The van der Waals surface area contributed by atoms with Gasteiger partial charge in [0.2, 0.25) is 0 Å². The first-order valence-corrected chi connectivity index (χ1v) is 8.23. The topological polar surface area (TPSA) is 60.2 Å². The van der Waals surface area contributed by atoms with Crippen molar-refractivity contribution in [1.82, 2.24) is 0 Å². The molecule has 0 atom stereocenters. The lowest BCUT2D eigenvalue weighted by Crippen LogP contribution is -2.09. The van der Waals surface area contributed by atoms with Crippen LogP contribution in [0.3, 0.4) is 0 Å². The van der Waals surface area contributed by atoms with Crippen molar-refractivity contribution >= 4 is 25.8 Å². The maximum absolute atomic E-state index is 12.4. The molecular weight excluding hydrogens is 326 g/mol. The molecule has 0 heterocycles. The Bertz CT molecular complexity index is 683. The van der Waals surface area contributed by atoms with Gasteiger partial charge in [0, 0.05) is 11.0 Å². The van der Waals surface area contributed by atoms with Gasteiger partial charge in [-0.2, -0.15) is 0 Å². The summed E-state index contributed by atoms with van der Waals surface area (Å²) in [5.74, 6) is -0.0387. The van der Waals surface area contributed by atoms with Crippen LogP contribution in [0.15, 0.2) is 57.9 Å². The highest BCUT2D eigenvalue weighted by molar-refractivity contribution is 9.10. The van der Waals surface area contributed by atoms with Crippen molar-refractivity contribution in [3.05, 3.63) is 64.1 Å². The van der Waals surface area contributed by atoms with E-state index >= 15 is 0 Å². The van der Waals surface area contributed by atoms with E-state index in [1.807, 2.05) is 18.2 Å². The molecule has 0 spiro atoms. The third-order valence-corrected chi connectivity index (χ3v) is 5.53. The Labute approximate surface area is 121 Å². The molecule has 19 heavy (non-hydrogen) atoms. The van der Waals surface area contributed by atoms with Gasteiger partial charge in [-0.05, 0) is 39.2 Å². The summed E-state index contributed by atoms with van der Waals surface area (Å²) in [7, 11) is -3.38. The van der Waals surface area contributed by atoms with Crippen LogP contribution in [-0.2, 0) is 22.1 Å². The number of nitrogens with two attached hydrogens (primary N) is 1. The van der Waals surface area contributed by atoms with E-state index in [9.17, 15) is 8.42 Å². The van der Waals surface area contributed by atoms with E-state index in [0.717, 1.165) is 11.1 Å². The maximum atomic E-state index is 12.4. The van der Waals surface area contributed by atoms with Gasteiger partial charge in [0.15, 0.2) is 9.84 Å². The third-order valence-electron chi connectivity index (χ3n) is 2.86. The van der Waals surface area contributed by atoms with Crippen LogP contribution in [0, 0.1) is 0 Å². The van der Waals surface area contributed by atoms with Gasteiger partial charge < -0.3 is 5.73 Å². The van der Waals surface area contributed by atoms with Crippen LogP contribution in [0.5, 0.6) is 0 Å². The molecule has 0 saturated carbocycles. The molecule has 2 aromatic rings. The molecule has 0 unspecified atom stereocenters. The van der Waals surface area contributed by atoms with Gasteiger partial charge in [-0.3, -0.25) is 0 Å². The van der Waals surface area contributed by atoms with Gasteiger partial charge in [0.25, 0.3) is 0 Å². The standard InChI is InChI=1S/C14H14BrNO2S/c15-13-7-3-4-8-14(13)19(17,18)10-12-6-2-1-5-11(12)9-16/h1-8H,9-10,16H2. The van der Waals surface area contributed by atoms with Crippen LogP contribution in [0.4, 0.5) is 0 Å². The van der Waals surface area contributed by atoms with Crippen molar-refractivity contribution in [2.45, 2.75) is 17.2 Å². The molecule has 0 amide bonds. The minimum Gasteiger partial charge on any atom is -0.326 e. The zero-order chi connectivity index (χ0) is 13.9. The molecule has 0 aliphatic rings. The van der Waals surface area contributed by atoms with Crippen molar-refractivity contribution in [2.75, 3.05) is 0 Å². The number of sulfone groups is 1. The number of hydrogen-bond donors (Lipinski definition) is 1. The van der Waals surface area contributed by atoms with Gasteiger partial charge in [0.05, 0.1) is 10.6 Å². The van der Waals surface area contributed by atoms with E-state index in [4.69, 9.17) is 5.73 Å². The van der Waals surface area contributed by atoms with E-state index in [2.05, 4.69) is 15.9 Å². The normalized spacial score (nSPS) is 11.5. The molecule has 0 aliphatic heterocycles. The van der Waals surface area contributed by atoms with Crippen LogP contribution in [0.2, 0.25) is 0 Å².